The summed E-state index contributed by atoms with van der Waals surface area (Å²) in [7, 11) is 0. The highest BCUT2D eigenvalue weighted by molar-refractivity contribution is 5.98. The van der Waals surface area contributed by atoms with Crippen LogP contribution in [-0.4, -0.2) is 82.8 Å². The van der Waals surface area contributed by atoms with Gasteiger partial charge in [-0.2, -0.15) is 0 Å². The molecule has 0 aromatic carbocycles. The summed E-state index contributed by atoms with van der Waals surface area (Å²) in [5.41, 5.74) is -1.88. The monoisotopic (exact) mass is 506 g/mol. The Hall–Kier alpha value is -1.93. The van der Waals surface area contributed by atoms with Crippen molar-refractivity contribution >= 4 is 17.8 Å². The molecule has 1 N–H and O–H groups in total. The van der Waals surface area contributed by atoms with E-state index >= 15 is 0 Å². The van der Waals surface area contributed by atoms with Gasteiger partial charge in [-0.3, -0.25) is 14.4 Å². The van der Waals surface area contributed by atoms with Gasteiger partial charge in [0.15, 0.2) is 0 Å². The second-order valence-electron chi connectivity index (χ2n) is 10.9. The second-order valence-corrected chi connectivity index (χ2v) is 10.9. The number of aliphatic hydroxyl groups is 1. The third kappa shape index (κ3) is 4.95. The summed E-state index contributed by atoms with van der Waals surface area (Å²) in [6, 6.07) is -0.766. The smallest absolute Gasteiger partial charge is 0.312 e. The van der Waals surface area contributed by atoms with Crippen molar-refractivity contribution in [1.29, 1.82) is 0 Å². The molecule has 8 heteroatoms. The van der Waals surface area contributed by atoms with Crippen LogP contribution in [0.25, 0.3) is 0 Å². The standard InChI is InChI=1S/C28H46N2O6/c1-6-9-12-16-29(15-7-2)25(33)23-28-19-20(4)27(5,36-28)22(26(34)35-8-3)21(28)24(32)30(23)17-13-10-11-14-18-31/h7,20-23,31H,2,6,8-19H2,1,3-5H3/t20?,21-,22+,23?,27-,28?/m0/s1. The Morgan fingerprint density at radius 2 is 1.94 bits per heavy atom. The van der Waals surface area contributed by atoms with Crippen LogP contribution in [-0.2, 0) is 23.9 Å². The maximum Gasteiger partial charge on any atom is 0.312 e. The zero-order valence-electron chi connectivity index (χ0n) is 22.7. The molecule has 3 unspecified atom stereocenters. The molecule has 0 aromatic rings. The van der Waals surface area contributed by atoms with E-state index in [1.807, 2.05) is 13.8 Å². The normalized spacial score (nSPS) is 32.6. The summed E-state index contributed by atoms with van der Waals surface area (Å²) in [6.07, 6.45) is 8.40. The number of fused-ring (bicyclic) bond motifs is 1. The quantitative estimate of drug-likeness (QED) is 0.208. The molecule has 1 spiro atoms. The molecule has 3 heterocycles. The second kappa shape index (κ2) is 12.1. The molecular weight excluding hydrogens is 460 g/mol. The van der Waals surface area contributed by atoms with Gasteiger partial charge in [0.1, 0.15) is 17.6 Å². The maximum atomic E-state index is 14.2. The van der Waals surface area contributed by atoms with Crippen molar-refractivity contribution in [2.45, 2.75) is 96.3 Å². The molecule has 2 amide bonds. The van der Waals surface area contributed by atoms with E-state index in [2.05, 4.69) is 13.5 Å². The lowest BCUT2D eigenvalue weighted by Crippen LogP contribution is -2.56. The van der Waals surface area contributed by atoms with E-state index in [1.54, 1.807) is 22.8 Å². The Morgan fingerprint density at radius 3 is 2.58 bits per heavy atom. The Kier molecular flexibility index (Phi) is 9.61. The van der Waals surface area contributed by atoms with Crippen LogP contribution in [0.2, 0.25) is 0 Å². The van der Waals surface area contributed by atoms with Crippen LogP contribution >= 0.6 is 0 Å². The van der Waals surface area contributed by atoms with Crippen LogP contribution in [0.3, 0.4) is 0 Å². The van der Waals surface area contributed by atoms with Crippen molar-refractivity contribution in [3.05, 3.63) is 12.7 Å². The van der Waals surface area contributed by atoms with Crippen molar-refractivity contribution in [1.82, 2.24) is 9.80 Å². The number of carbonyl (C=O) groups is 3. The van der Waals surface area contributed by atoms with Gasteiger partial charge in [0.2, 0.25) is 11.8 Å². The Morgan fingerprint density at radius 1 is 1.22 bits per heavy atom. The zero-order valence-corrected chi connectivity index (χ0v) is 22.7. The van der Waals surface area contributed by atoms with E-state index in [0.717, 1.165) is 44.9 Å². The highest BCUT2D eigenvalue weighted by Gasteiger charge is 2.80. The van der Waals surface area contributed by atoms with Gasteiger partial charge in [0.05, 0.1) is 18.1 Å². The molecule has 3 saturated heterocycles. The van der Waals surface area contributed by atoms with Gasteiger partial charge in [-0.25, -0.2) is 0 Å². The van der Waals surface area contributed by atoms with E-state index in [4.69, 9.17) is 14.6 Å². The molecule has 0 radical (unpaired) electrons. The van der Waals surface area contributed by atoms with E-state index < -0.39 is 35.0 Å². The largest absolute Gasteiger partial charge is 0.466 e. The molecule has 3 rings (SSSR count). The van der Waals surface area contributed by atoms with Crippen LogP contribution < -0.4 is 0 Å². The van der Waals surface area contributed by atoms with Crippen LogP contribution in [0.15, 0.2) is 12.7 Å². The molecule has 3 aliphatic heterocycles. The van der Waals surface area contributed by atoms with E-state index in [-0.39, 0.29) is 30.9 Å². The molecule has 0 aromatic heterocycles. The van der Waals surface area contributed by atoms with Crippen LogP contribution in [0.5, 0.6) is 0 Å². The van der Waals surface area contributed by atoms with Gasteiger partial charge in [0, 0.05) is 26.2 Å². The number of unbranched alkanes of at least 4 members (excludes halogenated alkanes) is 5. The first-order valence-electron chi connectivity index (χ1n) is 13.9. The predicted molar refractivity (Wildman–Crippen MR) is 137 cm³/mol. The highest BCUT2D eigenvalue weighted by atomic mass is 16.6. The zero-order chi connectivity index (χ0) is 26.5. The number of amides is 2. The molecule has 0 aliphatic carbocycles. The summed E-state index contributed by atoms with van der Waals surface area (Å²) >= 11 is 0. The Balaban J connectivity index is 1.98. The summed E-state index contributed by atoms with van der Waals surface area (Å²) < 4.78 is 12.2. The molecule has 3 aliphatic rings. The molecule has 204 valence electrons. The first-order valence-corrected chi connectivity index (χ1v) is 13.9. The number of aliphatic hydroxyl groups excluding tert-OH is 1. The lowest BCUT2D eigenvalue weighted by Gasteiger charge is -2.37. The fourth-order valence-corrected chi connectivity index (χ4v) is 6.77. The summed E-state index contributed by atoms with van der Waals surface area (Å²) in [5, 5.41) is 9.10. The molecule has 6 atom stereocenters. The molecular formula is C28H46N2O6. The van der Waals surface area contributed by atoms with Crippen LogP contribution in [0, 0.1) is 17.8 Å². The molecule has 3 fully saturated rings. The topological polar surface area (TPSA) is 96.4 Å². The molecule has 2 bridgehead atoms. The van der Waals surface area contributed by atoms with Gasteiger partial charge >= 0.3 is 5.97 Å². The fraction of sp³-hybridized carbons (Fsp3) is 0.821. The number of carbonyl (C=O) groups excluding carboxylic acids is 3. The van der Waals surface area contributed by atoms with E-state index in [0.29, 0.717) is 26.1 Å². The van der Waals surface area contributed by atoms with Crippen molar-refractivity contribution in [3.8, 4) is 0 Å². The fourth-order valence-electron chi connectivity index (χ4n) is 6.77. The lowest BCUT2D eigenvalue weighted by atomic mass is 9.62. The average molecular weight is 507 g/mol. The number of rotatable bonds is 15. The van der Waals surface area contributed by atoms with Gasteiger partial charge in [-0.1, -0.05) is 45.6 Å². The van der Waals surface area contributed by atoms with Crippen molar-refractivity contribution in [2.24, 2.45) is 17.8 Å². The van der Waals surface area contributed by atoms with Gasteiger partial charge in [0.25, 0.3) is 0 Å². The number of hydrogen-bond donors (Lipinski definition) is 1. The predicted octanol–water partition coefficient (Wildman–Crippen LogP) is 3.32. The van der Waals surface area contributed by atoms with Crippen molar-refractivity contribution < 1.29 is 29.0 Å². The number of nitrogens with zero attached hydrogens (tertiary/aromatic N) is 2. The number of hydrogen-bond acceptors (Lipinski definition) is 6. The molecule has 36 heavy (non-hydrogen) atoms. The van der Waals surface area contributed by atoms with Gasteiger partial charge in [-0.05, 0) is 45.4 Å². The average Bonchev–Trinajstić information content (AvgIpc) is 3.35. The number of likely N-dealkylation sites (tertiary alicyclic amines) is 1. The Bertz CT molecular complexity index is 818. The van der Waals surface area contributed by atoms with E-state index in [1.165, 1.54) is 0 Å². The van der Waals surface area contributed by atoms with Crippen LogP contribution in [0.4, 0.5) is 0 Å². The molecule has 0 saturated carbocycles. The minimum Gasteiger partial charge on any atom is -0.466 e. The van der Waals surface area contributed by atoms with Gasteiger partial charge < -0.3 is 24.4 Å². The SMILES string of the molecule is C=CCN(CCCCC)C(=O)C1N(CCCCCCO)C(=O)[C@@H]2[C@H](C(=O)OCC)[C@@]3(C)OC12CC3C. The van der Waals surface area contributed by atoms with Crippen molar-refractivity contribution in [2.75, 3.05) is 32.8 Å². The third-order valence-corrected chi connectivity index (χ3v) is 8.59. The summed E-state index contributed by atoms with van der Waals surface area (Å²) in [4.78, 5) is 44.9. The summed E-state index contributed by atoms with van der Waals surface area (Å²) in [5.74, 6) is -2.13. The Labute approximate surface area is 216 Å². The van der Waals surface area contributed by atoms with E-state index in [9.17, 15) is 14.4 Å². The summed E-state index contributed by atoms with van der Waals surface area (Å²) in [6.45, 7) is 13.5. The first-order chi connectivity index (χ1) is 17.2. The third-order valence-electron chi connectivity index (χ3n) is 8.59. The van der Waals surface area contributed by atoms with Gasteiger partial charge in [-0.15, -0.1) is 6.58 Å². The lowest BCUT2D eigenvalue weighted by molar-refractivity contribution is -0.161. The number of ether oxygens (including phenoxy) is 2. The van der Waals surface area contributed by atoms with Crippen molar-refractivity contribution in [3.63, 3.8) is 0 Å². The number of esters is 1. The maximum absolute atomic E-state index is 14.2. The first kappa shape index (κ1) is 28.6. The molecule has 8 nitrogen and oxygen atoms in total. The van der Waals surface area contributed by atoms with Crippen LogP contribution in [0.1, 0.15) is 79.1 Å². The minimum atomic E-state index is -1.03. The minimum absolute atomic E-state index is 0.00343. The highest BCUT2D eigenvalue weighted by Crippen LogP contribution is 2.65.